The van der Waals surface area contributed by atoms with Crippen molar-refractivity contribution in [2.45, 2.75) is 0 Å². The largest absolute Gasteiger partial charge is 0.338 e. The molecule has 2 heterocycles. The van der Waals surface area contributed by atoms with Gasteiger partial charge < -0.3 is 10.3 Å². The Morgan fingerprint density at radius 3 is 2.64 bits per heavy atom. The lowest BCUT2D eigenvalue weighted by Crippen LogP contribution is -2.12. The molecule has 28 heavy (non-hydrogen) atoms. The molecule has 2 N–H and O–H groups in total. The van der Waals surface area contributed by atoms with Crippen molar-refractivity contribution < 1.29 is 4.79 Å². The van der Waals surface area contributed by atoms with Crippen molar-refractivity contribution in [2.24, 2.45) is 0 Å². The molecule has 0 saturated heterocycles. The van der Waals surface area contributed by atoms with Crippen molar-refractivity contribution in [1.29, 1.82) is 0 Å². The first kappa shape index (κ1) is 18.4. The molecule has 0 fully saturated rings. The number of rotatable bonds is 4. The number of benzene rings is 2. The number of hydrogen-bond donors (Lipinski definition) is 2. The Morgan fingerprint density at radius 1 is 1.04 bits per heavy atom. The number of amides is 1. The van der Waals surface area contributed by atoms with E-state index in [0.29, 0.717) is 32.3 Å². The number of pyridine rings is 1. The second-order valence-electron chi connectivity index (χ2n) is 6.03. The van der Waals surface area contributed by atoms with Gasteiger partial charge in [-0.2, -0.15) is 0 Å². The average Bonchev–Trinajstić information content (AvgIpc) is 3.20. The van der Waals surface area contributed by atoms with Crippen molar-refractivity contribution in [3.8, 4) is 22.6 Å². The van der Waals surface area contributed by atoms with Gasteiger partial charge in [-0.15, -0.1) is 0 Å². The Hall–Kier alpha value is -2.96. The fraction of sp³-hybridized carbons (Fsp3) is 0. The van der Waals surface area contributed by atoms with Crippen LogP contribution in [-0.4, -0.2) is 20.9 Å². The number of nitrogens with zero attached hydrogens (tertiary/aromatic N) is 2. The number of aromatic nitrogens is 3. The summed E-state index contributed by atoms with van der Waals surface area (Å²) < 4.78 is 0.598. The maximum absolute atomic E-state index is 12.5. The SMILES string of the molecule is O=C(Nc1ccc(Cl)c(-c2ncc(-c3ccccc3)[nH]2)c1)c1ccnc(Br)c1. The molecule has 0 aliphatic carbocycles. The van der Waals surface area contributed by atoms with E-state index in [1.54, 1.807) is 42.7 Å². The summed E-state index contributed by atoms with van der Waals surface area (Å²) in [6, 6.07) is 18.5. The van der Waals surface area contributed by atoms with E-state index < -0.39 is 0 Å². The van der Waals surface area contributed by atoms with Crippen LogP contribution in [0.15, 0.2) is 77.7 Å². The van der Waals surface area contributed by atoms with E-state index in [1.165, 1.54) is 0 Å². The Labute approximate surface area is 174 Å². The molecule has 138 valence electrons. The molecule has 0 aliphatic rings. The molecule has 5 nitrogen and oxygen atoms in total. The minimum atomic E-state index is -0.235. The van der Waals surface area contributed by atoms with Crippen LogP contribution in [-0.2, 0) is 0 Å². The number of anilines is 1. The molecular formula is C21H14BrClN4O. The van der Waals surface area contributed by atoms with E-state index >= 15 is 0 Å². The predicted octanol–water partition coefficient (Wildman–Crippen LogP) is 5.81. The molecule has 4 rings (SSSR count). The normalized spacial score (nSPS) is 10.6. The van der Waals surface area contributed by atoms with Gasteiger partial charge in [-0.05, 0) is 51.8 Å². The summed E-state index contributed by atoms with van der Waals surface area (Å²) in [5, 5.41) is 3.41. The van der Waals surface area contributed by atoms with Crippen LogP contribution in [0, 0.1) is 0 Å². The molecule has 4 aromatic rings. The maximum atomic E-state index is 12.5. The van der Waals surface area contributed by atoms with Gasteiger partial charge in [-0.25, -0.2) is 9.97 Å². The average molecular weight is 454 g/mol. The van der Waals surface area contributed by atoms with Crippen molar-refractivity contribution in [3.63, 3.8) is 0 Å². The van der Waals surface area contributed by atoms with E-state index in [0.717, 1.165) is 11.3 Å². The highest BCUT2D eigenvalue weighted by Crippen LogP contribution is 2.30. The van der Waals surface area contributed by atoms with Crippen molar-refractivity contribution in [2.75, 3.05) is 5.32 Å². The third-order valence-electron chi connectivity index (χ3n) is 4.13. The van der Waals surface area contributed by atoms with Gasteiger partial charge in [0.2, 0.25) is 0 Å². The Bertz CT molecular complexity index is 1140. The van der Waals surface area contributed by atoms with E-state index in [9.17, 15) is 4.79 Å². The Kier molecular flexibility index (Phi) is 5.23. The molecule has 0 unspecified atom stereocenters. The van der Waals surface area contributed by atoms with Crippen LogP contribution >= 0.6 is 27.5 Å². The number of carbonyl (C=O) groups is 1. The van der Waals surface area contributed by atoms with Gasteiger partial charge in [0.25, 0.3) is 5.91 Å². The second kappa shape index (κ2) is 7.96. The number of carbonyl (C=O) groups excluding carboxylic acids is 1. The molecule has 0 atom stereocenters. The molecule has 2 aromatic heterocycles. The quantitative estimate of drug-likeness (QED) is 0.383. The number of aromatic amines is 1. The molecule has 7 heteroatoms. The van der Waals surface area contributed by atoms with Crippen LogP contribution in [0.3, 0.4) is 0 Å². The van der Waals surface area contributed by atoms with Gasteiger partial charge in [-0.3, -0.25) is 4.79 Å². The highest BCUT2D eigenvalue weighted by molar-refractivity contribution is 9.10. The van der Waals surface area contributed by atoms with Crippen LogP contribution in [0.4, 0.5) is 5.69 Å². The van der Waals surface area contributed by atoms with Gasteiger partial charge in [0.1, 0.15) is 10.4 Å². The van der Waals surface area contributed by atoms with Crippen LogP contribution < -0.4 is 5.32 Å². The Balaban J connectivity index is 1.61. The molecule has 0 radical (unpaired) electrons. The summed E-state index contributed by atoms with van der Waals surface area (Å²) in [7, 11) is 0. The van der Waals surface area contributed by atoms with Crippen molar-refractivity contribution in [3.05, 3.63) is 88.2 Å². The monoisotopic (exact) mass is 452 g/mol. The summed E-state index contributed by atoms with van der Waals surface area (Å²) in [6.07, 6.45) is 3.33. The molecule has 0 bridgehead atoms. The minimum Gasteiger partial charge on any atom is -0.338 e. The first-order valence-corrected chi connectivity index (χ1v) is 9.60. The van der Waals surface area contributed by atoms with E-state index in [-0.39, 0.29) is 5.91 Å². The number of H-pyrrole nitrogens is 1. The molecule has 0 aliphatic heterocycles. The van der Waals surface area contributed by atoms with E-state index in [1.807, 2.05) is 30.3 Å². The van der Waals surface area contributed by atoms with Crippen LogP contribution in [0.25, 0.3) is 22.6 Å². The molecule has 2 aromatic carbocycles. The third kappa shape index (κ3) is 3.98. The van der Waals surface area contributed by atoms with Crippen molar-refractivity contribution in [1.82, 2.24) is 15.0 Å². The summed E-state index contributed by atoms with van der Waals surface area (Å²) in [5.74, 6) is 0.396. The number of imidazole rings is 1. The van der Waals surface area contributed by atoms with E-state index in [2.05, 4.69) is 36.2 Å². The van der Waals surface area contributed by atoms with Crippen LogP contribution in [0.2, 0.25) is 5.02 Å². The van der Waals surface area contributed by atoms with Gasteiger partial charge in [0.05, 0.1) is 16.9 Å². The summed E-state index contributed by atoms with van der Waals surface area (Å²) in [4.78, 5) is 24.2. The predicted molar refractivity (Wildman–Crippen MR) is 114 cm³/mol. The van der Waals surface area contributed by atoms with Crippen LogP contribution in [0.1, 0.15) is 10.4 Å². The number of nitrogens with one attached hydrogen (secondary N) is 2. The first-order valence-electron chi connectivity index (χ1n) is 8.43. The molecule has 1 amide bonds. The molecule has 0 spiro atoms. The topological polar surface area (TPSA) is 70.7 Å². The lowest BCUT2D eigenvalue weighted by atomic mass is 10.1. The van der Waals surface area contributed by atoms with Gasteiger partial charge >= 0.3 is 0 Å². The lowest BCUT2D eigenvalue weighted by molar-refractivity contribution is 0.102. The second-order valence-corrected chi connectivity index (χ2v) is 7.25. The highest BCUT2D eigenvalue weighted by Gasteiger charge is 2.12. The lowest BCUT2D eigenvalue weighted by Gasteiger charge is -2.08. The van der Waals surface area contributed by atoms with E-state index in [4.69, 9.17) is 11.6 Å². The van der Waals surface area contributed by atoms with Gasteiger partial charge in [0, 0.05) is 23.0 Å². The summed E-state index contributed by atoms with van der Waals surface area (Å²) in [5.41, 5.74) is 3.75. The van der Waals surface area contributed by atoms with Crippen molar-refractivity contribution >= 4 is 39.1 Å². The minimum absolute atomic E-state index is 0.235. The number of hydrogen-bond acceptors (Lipinski definition) is 3. The fourth-order valence-electron chi connectivity index (χ4n) is 2.75. The fourth-order valence-corrected chi connectivity index (χ4v) is 3.33. The third-order valence-corrected chi connectivity index (χ3v) is 4.89. The first-order chi connectivity index (χ1) is 13.6. The zero-order chi connectivity index (χ0) is 19.5. The van der Waals surface area contributed by atoms with Crippen LogP contribution in [0.5, 0.6) is 0 Å². The van der Waals surface area contributed by atoms with Gasteiger partial charge in [0.15, 0.2) is 0 Å². The number of halogens is 2. The zero-order valence-electron chi connectivity index (χ0n) is 14.5. The summed E-state index contributed by atoms with van der Waals surface area (Å²) >= 11 is 9.64. The Morgan fingerprint density at radius 2 is 1.86 bits per heavy atom. The molecular weight excluding hydrogens is 440 g/mol. The molecule has 0 saturated carbocycles. The maximum Gasteiger partial charge on any atom is 0.255 e. The zero-order valence-corrected chi connectivity index (χ0v) is 16.8. The summed E-state index contributed by atoms with van der Waals surface area (Å²) in [6.45, 7) is 0. The highest BCUT2D eigenvalue weighted by atomic mass is 79.9. The smallest absolute Gasteiger partial charge is 0.255 e. The standard InChI is InChI=1S/C21H14BrClN4O/c22-19-10-14(8-9-24-19)21(28)26-15-6-7-17(23)16(11-15)20-25-12-18(27-20)13-4-2-1-3-5-13/h1-12H,(H,25,27)(H,26,28). The van der Waals surface area contributed by atoms with Gasteiger partial charge in [-0.1, -0.05) is 41.9 Å².